The molecule has 1 atom stereocenters. The highest BCUT2D eigenvalue weighted by Crippen LogP contribution is 2.47. The zero-order chi connectivity index (χ0) is 12.7. The second-order valence-electron chi connectivity index (χ2n) is 5.91. The van der Waals surface area contributed by atoms with Gasteiger partial charge in [-0.25, -0.2) is 4.98 Å². The Balaban J connectivity index is 2.18. The van der Waals surface area contributed by atoms with Crippen LogP contribution < -0.4 is 5.73 Å². The van der Waals surface area contributed by atoms with E-state index in [0.717, 1.165) is 18.5 Å². The van der Waals surface area contributed by atoms with Crippen molar-refractivity contribution in [3.05, 3.63) is 18.1 Å². The molecule has 0 bridgehead atoms. The fraction of sp³-hybridized carbons (Fsp3) is 0.692. The topological polar surface area (TPSA) is 61.0 Å². The highest BCUT2D eigenvalue weighted by Gasteiger charge is 2.44. The highest BCUT2D eigenvalue weighted by molar-refractivity contribution is 5.23. The van der Waals surface area contributed by atoms with E-state index in [1.54, 1.807) is 12.4 Å². The van der Waals surface area contributed by atoms with Crippen LogP contribution in [0.2, 0.25) is 0 Å². The molecule has 2 N–H and O–H groups in total. The lowest BCUT2D eigenvalue weighted by molar-refractivity contribution is -0.178. The number of nitrogen functional groups attached to an aromatic ring is 1. The lowest BCUT2D eigenvalue weighted by Gasteiger charge is -2.48. The highest BCUT2D eigenvalue weighted by atomic mass is 16.5. The van der Waals surface area contributed by atoms with E-state index in [4.69, 9.17) is 10.5 Å². The molecule has 1 aromatic heterocycles. The van der Waals surface area contributed by atoms with Crippen LogP contribution in [0.15, 0.2) is 12.4 Å². The molecule has 1 aromatic rings. The summed E-state index contributed by atoms with van der Waals surface area (Å²) in [7, 11) is 0. The number of rotatable bonds is 1. The van der Waals surface area contributed by atoms with Gasteiger partial charge in [0.25, 0.3) is 0 Å². The molecule has 0 aromatic carbocycles. The van der Waals surface area contributed by atoms with Crippen molar-refractivity contribution in [3.63, 3.8) is 0 Å². The molecule has 0 radical (unpaired) electrons. The molecule has 2 rings (SSSR count). The van der Waals surface area contributed by atoms with Crippen molar-refractivity contribution in [2.75, 3.05) is 5.73 Å². The van der Waals surface area contributed by atoms with E-state index in [-0.39, 0.29) is 17.1 Å². The Kier molecular flexibility index (Phi) is 2.86. The van der Waals surface area contributed by atoms with Crippen LogP contribution in [0.4, 0.5) is 5.82 Å². The Morgan fingerprint density at radius 2 is 1.94 bits per heavy atom. The van der Waals surface area contributed by atoms with Crippen molar-refractivity contribution < 1.29 is 4.74 Å². The molecule has 1 unspecified atom stereocenters. The molecular formula is C13H21N3O. The summed E-state index contributed by atoms with van der Waals surface area (Å²) >= 11 is 0. The zero-order valence-electron chi connectivity index (χ0n) is 11.0. The zero-order valence-corrected chi connectivity index (χ0v) is 11.0. The van der Waals surface area contributed by atoms with Crippen LogP contribution in [0.3, 0.4) is 0 Å². The van der Waals surface area contributed by atoms with Gasteiger partial charge in [0, 0.05) is 0 Å². The molecule has 4 heteroatoms. The van der Waals surface area contributed by atoms with Gasteiger partial charge in [-0.2, -0.15) is 0 Å². The van der Waals surface area contributed by atoms with Gasteiger partial charge >= 0.3 is 0 Å². The van der Waals surface area contributed by atoms with Gasteiger partial charge in [0.05, 0.1) is 23.7 Å². The maximum atomic E-state index is 6.17. The third-order valence-electron chi connectivity index (χ3n) is 4.12. The van der Waals surface area contributed by atoms with Gasteiger partial charge in [0.15, 0.2) is 0 Å². The van der Waals surface area contributed by atoms with Gasteiger partial charge in [0.1, 0.15) is 11.9 Å². The number of nitrogens with zero attached hydrogens (tertiary/aromatic N) is 2. The van der Waals surface area contributed by atoms with Crippen LogP contribution in [0.1, 0.15) is 52.3 Å². The minimum absolute atomic E-state index is 0.0334. The summed E-state index contributed by atoms with van der Waals surface area (Å²) in [4.78, 5) is 8.38. The average molecular weight is 235 g/mol. The van der Waals surface area contributed by atoms with Crippen molar-refractivity contribution >= 4 is 5.82 Å². The van der Waals surface area contributed by atoms with Gasteiger partial charge < -0.3 is 10.5 Å². The average Bonchev–Trinajstić information content (AvgIpc) is 2.23. The molecule has 0 amide bonds. The summed E-state index contributed by atoms with van der Waals surface area (Å²) in [6, 6.07) is 0. The Bertz CT molecular complexity index is 398. The third kappa shape index (κ3) is 2.27. The maximum absolute atomic E-state index is 6.17. The third-order valence-corrected chi connectivity index (χ3v) is 4.12. The second-order valence-corrected chi connectivity index (χ2v) is 5.91. The normalized spacial score (nSPS) is 26.7. The van der Waals surface area contributed by atoms with Gasteiger partial charge in [-0.1, -0.05) is 13.8 Å². The van der Waals surface area contributed by atoms with Crippen molar-refractivity contribution in [2.24, 2.45) is 5.41 Å². The Labute approximate surface area is 103 Å². The minimum atomic E-state index is -0.154. The molecule has 0 aliphatic carbocycles. The van der Waals surface area contributed by atoms with Crippen LogP contribution in [0.25, 0.3) is 0 Å². The molecule has 17 heavy (non-hydrogen) atoms. The lowest BCUT2D eigenvalue weighted by atomic mass is 9.71. The van der Waals surface area contributed by atoms with Crippen LogP contribution in [-0.2, 0) is 4.74 Å². The molecule has 1 aliphatic rings. The van der Waals surface area contributed by atoms with Crippen molar-refractivity contribution in [1.29, 1.82) is 0 Å². The van der Waals surface area contributed by atoms with E-state index < -0.39 is 0 Å². The lowest BCUT2D eigenvalue weighted by Crippen LogP contribution is -2.46. The maximum Gasteiger partial charge on any atom is 0.141 e. The molecule has 4 nitrogen and oxygen atoms in total. The summed E-state index contributed by atoms with van der Waals surface area (Å²) in [5, 5.41) is 0. The standard InChI is InChI=1S/C13H21N3O/c1-12(2)6-5-10(17-13(12,3)4)9-7-16-11(14)8-15-9/h7-8,10H,5-6H2,1-4H3,(H2,14,16). The van der Waals surface area contributed by atoms with E-state index in [2.05, 4.69) is 37.7 Å². The Morgan fingerprint density at radius 1 is 1.24 bits per heavy atom. The monoisotopic (exact) mass is 235 g/mol. The Morgan fingerprint density at radius 3 is 2.47 bits per heavy atom. The Hall–Kier alpha value is -1.16. The minimum Gasteiger partial charge on any atom is -0.382 e. The van der Waals surface area contributed by atoms with E-state index in [9.17, 15) is 0 Å². The van der Waals surface area contributed by atoms with Gasteiger partial charge in [-0.3, -0.25) is 4.98 Å². The van der Waals surface area contributed by atoms with Crippen LogP contribution in [0, 0.1) is 5.41 Å². The predicted molar refractivity (Wildman–Crippen MR) is 67.4 cm³/mol. The second kappa shape index (κ2) is 3.95. The largest absolute Gasteiger partial charge is 0.382 e. The van der Waals surface area contributed by atoms with Crippen LogP contribution in [0.5, 0.6) is 0 Å². The van der Waals surface area contributed by atoms with Crippen molar-refractivity contribution in [1.82, 2.24) is 9.97 Å². The predicted octanol–water partition coefficient (Wildman–Crippen LogP) is 2.72. The number of ether oxygens (including phenoxy) is 1. The summed E-state index contributed by atoms with van der Waals surface area (Å²) in [6.07, 6.45) is 5.44. The molecule has 0 spiro atoms. The first kappa shape index (κ1) is 12.3. The summed E-state index contributed by atoms with van der Waals surface area (Å²) in [6.45, 7) is 8.78. The number of hydrogen-bond donors (Lipinski definition) is 1. The molecule has 1 aliphatic heterocycles. The van der Waals surface area contributed by atoms with Crippen molar-refractivity contribution in [3.8, 4) is 0 Å². The summed E-state index contributed by atoms with van der Waals surface area (Å²) in [5.74, 6) is 0.448. The van der Waals surface area contributed by atoms with E-state index in [0.29, 0.717) is 5.82 Å². The quantitative estimate of drug-likeness (QED) is 0.813. The van der Waals surface area contributed by atoms with E-state index in [1.165, 1.54) is 0 Å². The number of anilines is 1. The van der Waals surface area contributed by atoms with E-state index in [1.807, 2.05) is 0 Å². The molecular weight excluding hydrogens is 214 g/mol. The van der Waals surface area contributed by atoms with Gasteiger partial charge in [-0.15, -0.1) is 0 Å². The first-order chi connectivity index (χ1) is 7.82. The van der Waals surface area contributed by atoms with Gasteiger partial charge in [0.2, 0.25) is 0 Å². The first-order valence-corrected chi connectivity index (χ1v) is 6.07. The smallest absolute Gasteiger partial charge is 0.141 e. The molecule has 0 saturated carbocycles. The molecule has 94 valence electrons. The fourth-order valence-corrected chi connectivity index (χ4v) is 2.09. The first-order valence-electron chi connectivity index (χ1n) is 6.07. The number of hydrogen-bond acceptors (Lipinski definition) is 4. The van der Waals surface area contributed by atoms with Crippen molar-refractivity contribution in [2.45, 2.75) is 52.2 Å². The molecule has 1 fully saturated rings. The summed E-state index contributed by atoms with van der Waals surface area (Å²) < 4.78 is 6.17. The van der Waals surface area contributed by atoms with Gasteiger partial charge in [-0.05, 0) is 32.1 Å². The van der Waals surface area contributed by atoms with E-state index >= 15 is 0 Å². The van der Waals surface area contributed by atoms with Crippen LogP contribution >= 0.6 is 0 Å². The summed E-state index contributed by atoms with van der Waals surface area (Å²) in [5.41, 5.74) is 6.45. The van der Waals surface area contributed by atoms with Crippen LogP contribution in [-0.4, -0.2) is 15.6 Å². The number of aromatic nitrogens is 2. The molecule has 2 heterocycles. The molecule has 1 saturated heterocycles. The fourth-order valence-electron chi connectivity index (χ4n) is 2.09. The number of nitrogens with two attached hydrogens (primary N) is 1. The SMILES string of the molecule is CC1(C)CCC(c2cnc(N)cn2)OC1(C)C.